The van der Waals surface area contributed by atoms with E-state index < -0.39 is 11.7 Å². The molecule has 0 atom stereocenters. The Morgan fingerprint density at radius 2 is 0.554 bits per heavy atom. The zero-order valence-electron chi connectivity index (χ0n) is 49.1. The summed E-state index contributed by atoms with van der Waals surface area (Å²) < 4.78 is 48.7. The van der Waals surface area contributed by atoms with Crippen LogP contribution in [0.5, 0.6) is 0 Å². The second-order valence-electron chi connectivity index (χ2n) is 22.9. The number of benzene rings is 10. The molecule has 10 aromatic carbocycles. The molecule has 0 aliphatic rings. The Balaban J connectivity index is 0.929. The number of rotatable bonds is 11. The van der Waals surface area contributed by atoms with Crippen molar-refractivity contribution in [2.45, 2.75) is 6.18 Å². The van der Waals surface area contributed by atoms with Crippen LogP contribution in [0.4, 0.5) is 13.2 Å². The Kier molecular flexibility index (Phi) is 13.6. The van der Waals surface area contributed by atoms with Crippen molar-refractivity contribution in [1.29, 1.82) is 5.26 Å². The lowest BCUT2D eigenvalue weighted by atomic mass is 9.98. The molecule has 0 unspecified atom stereocenters. The van der Waals surface area contributed by atoms with Gasteiger partial charge in [-0.3, -0.25) is 19.9 Å². The molecule has 92 heavy (non-hydrogen) atoms. The summed E-state index contributed by atoms with van der Waals surface area (Å²) in [5.74, 6) is 0. The summed E-state index contributed by atoms with van der Waals surface area (Å²) in [6.07, 6.45) is 2.94. The first-order chi connectivity index (χ1) is 45.2. The van der Waals surface area contributed by atoms with Crippen LogP contribution in [0.15, 0.2) is 304 Å². The van der Waals surface area contributed by atoms with E-state index in [-0.39, 0.29) is 0 Å². The van der Waals surface area contributed by atoms with Gasteiger partial charge in [-0.25, -0.2) is 0 Å². The first-order valence-corrected chi connectivity index (χ1v) is 30.2. The lowest BCUT2D eigenvalue weighted by molar-refractivity contribution is -0.137. The van der Waals surface area contributed by atoms with Gasteiger partial charge in [0.1, 0.15) is 11.6 Å². The van der Waals surface area contributed by atoms with Crippen molar-refractivity contribution >= 4 is 43.6 Å². The molecule has 0 aliphatic carbocycles. The molecule has 10 heteroatoms. The van der Waals surface area contributed by atoms with E-state index >= 15 is 0 Å². The Labute approximate surface area is 527 Å². The molecule has 7 nitrogen and oxygen atoms in total. The highest BCUT2D eigenvalue weighted by molar-refractivity contribution is 6.14. The van der Waals surface area contributed by atoms with Crippen molar-refractivity contribution < 1.29 is 13.2 Å². The fourth-order valence-electron chi connectivity index (χ4n) is 12.8. The monoisotopic (exact) mass is 1190 g/mol. The van der Waals surface area contributed by atoms with Crippen molar-refractivity contribution in [1.82, 2.24) is 29.1 Å². The molecule has 0 N–H and O–H groups in total. The summed E-state index contributed by atoms with van der Waals surface area (Å²) in [6, 6.07) is 93.6. The number of nitrogens with zero attached hydrogens (tertiary/aromatic N) is 7. The summed E-state index contributed by atoms with van der Waals surface area (Å²) in [7, 11) is 0. The first-order valence-electron chi connectivity index (χ1n) is 30.2. The van der Waals surface area contributed by atoms with E-state index in [0.29, 0.717) is 28.1 Å². The van der Waals surface area contributed by atoms with Crippen LogP contribution in [-0.2, 0) is 6.18 Å². The van der Waals surface area contributed by atoms with Gasteiger partial charge in [0.05, 0.1) is 61.8 Å². The Hall–Kier alpha value is -12.3. The maximum absolute atomic E-state index is 14.8. The molecule has 6 aromatic heterocycles. The smallest absolute Gasteiger partial charge is 0.308 e. The number of nitriles is 1. The largest absolute Gasteiger partial charge is 0.416 e. The van der Waals surface area contributed by atoms with E-state index in [4.69, 9.17) is 19.9 Å². The van der Waals surface area contributed by atoms with Crippen LogP contribution < -0.4 is 0 Å². The maximum Gasteiger partial charge on any atom is 0.416 e. The number of alkyl halides is 3. The molecular weight excluding hydrogens is 1140 g/mol. The zero-order valence-corrected chi connectivity index (χ0v) is 49.1. The van der Waals surface area contributed by atoms with Crippen LogP contribution in [0.2, 0.25) is 0 Å². The van der Waals surface area contributed by atoms with Gasteiger partial charge in [-0.1, -0.05) is 182 Å². The van der Waals surface area contributed by atoms with Gasteiger partial charge in [0.2, 0.25) is 0 Å². The lowest BCUT2D eigenvalue weighted by Gasteiger charge is -2.19. The highest BCUT2D eigenvalue weighted by atomic mass is 19.4. The van der Waals surface area contributed by atoms with E-state index in [9.17, 15) is 18.4 Å². The molecule has 434 valence electrons. The average molecular weight is 1190 g/mol. The van der Waals surface area contributed by atoms with E-state index in [1.807, 2.05) is 183 Å². The number of halogens is 3. The molecule has 16 aromatic rings. The van der Waals surface area contributed by atoms with Gasteiger partial charge in [-0.2, -0.15) is 18.4 Å². The van der Waals surface area contributed by atoms with Crippen molar-refractivity contribution in [2.24, 2.45) is 0 Å². The molecule has 0 bridgehead atoms. The van der Waals surface area contributed by atoms with Crippen molar-refractivity contribution in [2.75, 3.05) is 0 Å². The predicted octanol–water partition coefficient (Wildman–Crippen LogP) is 21.4. The molecular formula is C82H50F3N7. The third-order valence-corrected chi connectivity index (χ3v) is 17.4. The topological polar surface area (TPSA) is 85.2 Å². The Bertz CT molecular complexity index is 4920. The van der Waals surface area contributed by atoms with Crippen molar-refractivity contribution in [3.05, 3.63) is 315 Å². The normalized spacial score (nSPS) is 11.6. The van der Waals surface area contributed by atoms with Gasteiger partial charge in [-0.15, -0.1) is 0 Å². The van der Waals surface area contributed by atoms with Crippen molar-refractivity contribution in [3.63, 3.8) is 0 Å². The Morgan fingerprint density at radius 1 is 0.272 bits per heavy atom. The summed E-state index contributed by atoms with van der Waals surface area (Å²) >= 11 is 0. The van der Waals surface area contributed by atoms with E-state index in [1.165, 1.54) is 12.1 Å². The minimum absolute atomic E-state index is 0.308. The van der Waals surface area contributed by atoms with Crippen molar-refractivity contribution in [3.8, 4) is 118 Å². The molecule has 0 radical (unpaired) electrons. The second kappa shape index (κ2) is 22.7. The van der Waals surface area contributed by atoms with Crippen LogP contribution >= 0.6 is 0 Å². The van der Waals surface area contributed by atoms with Gasteiger partial charge in [0.25, 0.3) is 0 Å². The average Bonchev–Trinajstić information content (AvgIpc) is 1.65. The molecule has 0 saturated carbocycles. The molecule has 6 heterocycles. The van der Waals surface area contributed by atoms with E-state index in [0.717, 1.165) is 139 Å². The third-order valence-electron chi connectivity index (χ3n) is 17.4. The van der Waals surface area contributed by atoms with E-state index in [2.05, 4.69) is 112 Å². The summed E-state index contributed by atoms with van der Waals surface area (Å²) in [5, 5.41) is 15.6. The minimum atomic E-state index is -4.62. The number of hydrogen-bond donors (Lipinski definition) is 0. The van der Waals surface area contributed by atoms with Crippen LogP contribution in [0.1, 0.15) is 11.1 Å². The second-order valence-corrected chi connectivity index (χ2v) is 22.9. The zero-order chi connectivity index (χ0) is 61.9. The molecule has 0 fully saturated rings. The maximum atomic E-state index is 14.8. The SMILES string of the molecule is N#Cc1c(-n2c3ccc(-c4ccc(-c5ccccc5)nc4)cc3c3cc(-c4ccc(-c5ccccc5)nc4)ccc32)cc(-c2cccc(C(F)(F)F)c2)cc1-n1c2ccc(-c3ccc(-c4ccccc4)nc3)cc2c2cc(-c3ccc(-c4ccccc4)nc3)ccc21. The highest BCUT2D eigenvalue weighted by Gasteiger charge is 2.31. The summed E-state index contributed by atoms with van der Waals surface area (Å²) in [5.41, 5.74) is 19.2. The molecule has 0 aliphatic heterocycles. The number of pyridine rings is 4. The standard InChI is InChI=1S/C82H50F3N7/c83-82(84,85)66-23-13-22-56(40-66)65-45-80(91-76-36-28-57(61-24-32-72(87-48-61)52-14-5-1-6-15-52)41-67(76)68-42-58(29-37-77(68)91)62-25-33-73(88-49-62)53-16-7-2-8-17-53)71(47-86)81(46-65)92-78-38-30-59(63-26-34-74(89-50-63)54-18-9-3-10-19-54)43-69(78)70-44-60(31-39-79(70)92)64-27-35-75(90-51-64)55-20-11-4-12-21-55/h1-46,48-51H. The van der Waals surface area contributed by atoms with Gasteiger partial charge in [-0.05, 0) is 130 Å². The lowest BCUT2D eigenvalue weighted by Crippen LogP contribution is -2.06. The summed E-state index contributed by atoms with van der Waals surface area (Å²) in [4.78, 5) is 19.6. The highest BCUT2D eigenvalue weighted by Crippen LogP contribution is 2.45. The molecule has 0 spiro atoms. The molecule has 0 amide bonds. The van der Waals surface area contributed by atoms with Crippen LogP contribution in [0, 0.1) is 11.3 Å². The minimum Gasteiger partial charge on any atom is -0.308 e. The van der Waals surface area contributed by atoms with Crippen LogP contribution in [-0.4, -0.2) is 29.1 Å². The third kappa shape index (κ3) is 10.0. The quantitative estimate of drug-likeness (QED) is 0.129. The Morgan fingerprint density at radius 3 is 0.826 bits per heavy atom. The van der Waals surface area contributed by atoms with Crippen LogP contribution in [0.3, 0.4) is 0 Å². The number of fused-ring (bicyclic) bond motifs is 6. The van der Waals surface area contributed by atoms with Gasteiger partial charge >= 0.3 is 6.18 Å². The first kappa shape index (κ1) is 55.0. The van der Waals surface area contributed by atoms with Gasteiger partial charge in [0.15, 0.2) is 0 Å². The fraction of sp³-hybridized carbons (Fsp3) is 0.0122. The van der Waals surface area contributed by atoms with Gasteiger partial charge in [0, 0.05) is 90.8 Å². The van der Waals surface area contributed by atoms with E-state index in [1.54, 1.807) is 6.07 Å². The number of hydrogen-bond acceptors (Lipinski definition) is 5. The van der Waals surface area contributed by atoms with Gasteiger partial charge < -0.3 is 9.13 Å². The summed E-state index contributed by atoms with van der Waals surface area (Å²) in [6.45, 7) is 0. The van der Waals surface area contributed by atoms with Crippen LogP contribution in [0.25, 0.3) is 156 Å². The number of aromatic nitrogens is 6. The molecule has 16 rings (SSSR count). The fourth-order valence-corrected chi connectivity index (χ4v) is 12.8. The predicted molar refractivity (Wildman–Crippen MR) is 365 cm³/mol. The molecule has 0 saturated heterocycles.